The number of alkyl halides is 1. The highest BCUT2D eigenvalue weighted by atomic mass is 79.9. The van der Waals surface area contributed by atoms with E-state index < -0.39 is 6.10 Å². The van der Waals surface area contributed by atoms with E-state index in [-0.39, 0.29) is 0 Å². The van der Waals surface area contributed by atoms with Gasteiger partial charge in [-0.1, -0.05) is 58.4 Å². The fourth-order valence-corrected chi connectivity index (χ4v) is 1.97. The zero-order valence-corrected chi connectivity index (χ0v) is 9.24. The summed E-state index contributed by atoms with van der Waals surface area (Å²) in [4.78, 5) is 0. The zero-order chi connectivity index (χ0) is 9.97. The molecule has 0 spiro atoms. The van der Waals surface area contributed by atoms with Gasteiger partial charge in [-0.3, -0.25) is 0 Å². The maximum atomic E-state index is 9.78. The number of aliphatic hydroxyl groups is 1. The minimum Gasteiger partial charge on any atom is -0.388 e. The number of rotatable bonds is 2. The van der Waals surface area contributed by atoms with Crippen molar-refractivity contribution in [3.63, 3.8) is 0 Å². The molecule has 1 N–H and O–H groups in total. The summed E-state index contributed by atoms with van der Waals surface area (Å²) in [6.45, 7) is 0. The molecule has 1 unspecified atom stereocenters. The van der Waals surface area contributed by atoms with E-state index in [1.165, 1.54) is 5.39 Å². The number of hydrogen-bond donors (Lipinski definition) is 1. The van der Waals surface area contributed by atoms with Gasteiger partial charge in [-0.05, 0) is 16.3 Å². The summed E-state index contributed by atoms with van der Waals surface area (Å²) in [5, 5.41) is 12.6. The van der Waals surface area contributed by atoms with E-state index in [4.69, 9.17) is 0 Å². The minimum atomic E-state index is -0.430. The molecule has 0 heterocycles. The van der Waals surface area contributed by atoms with Crippen LogP contribution in [0.25, 0.3) is 10.8 Å². The van der Waals surface area contributed by atoms with E-state index in [1.54, 1.807) is 0 Å². The zero-order valence-electron chi connectivity index (χ0n) is 7.65. The lowest BCUT2D eigenvalue weighted by molar-refractivity contribution is 0.207. The summed E-state index contributed by atoms with van der Waals surface area (Å²) in [5.74, 6) is 0. The van der Waals surface area contributed by atoms with Crippen molar-refractivity contribution in [2.75, 3.05) is 5.33 Å². The fraction of sp³-hybridized carbons (Fsp3) is 0.167. The third-order valence-corrected chi connectivity index (χ3v) is 2.94. The molecule has 0 bridgehead atoms. The summed E-state index contributed by atoms with van der Waals surface area (Å²) < 4.78 is 0. The van der Waals surface area contributed by atoms with Gasteiger partial charge in [-0.25, -0.2) is 0 Å². The van der Waals surface area contributed by atoms with Crippen LogP contribution in [-0.2, 0) is 0 Å². The van der Waals surface area contributed by atoms with E-state index in [1.807, 2.05) is 30.3 Å². The van der Waals surface area contributed by atoms with Crippen LogP contribution in [0.2, 0.25) is 0 Å². The van der Waals surface area contributed by atoms with Crippen LogP contribution in [0.5, 0.6) is 0 Å². The van der Waals surface area contributed by atoms with Gasteiger partial charge in [-0.15, -0.1) is 0 Å². The Morgan fingerprint density at radius 3 is 2.57 bits per heavy atom. The van der Waals surface area contributed by atoms with Crippen molar-refractivity contribution >= 4 is 26.7 Å². The number of fused-ring (bicyclic) bond motifs is 1. The molecule has 0 aliphatic rings. The SMILES string of the molecule is OC(CBr)c1cccc2ccccc12. The first-order valence-electron chi connectivity index (χ1n) is 4.54. The lowest BCUT2D eigenvalue weighted by atomic mass is 10.0. The molecule has 0 aliphatic carbocycles. The second kappa shape index (κ2) is 4.11. The normalized spacial score (nSPS) is 13.0. The van der Waals surface area contributed by atoms with E-state index >= 15 is 0 Å². The number of aliphatic hydroxyl groups excluding tert-OH is 1. The molecule has 0 radical (unpaired) electrons. The monoisotopic (exact) mass is 250 g/mol. The van der Waals surface area contributed by atoms with Crippen molar-refractivity contribution in [3.05, 3.63) is 48.0 Å². The van der Waals surface area contributed by atoms with Gasteiger partial charge in [0.05, 0.1) is 6.10 Å². The summed E-state index contributed by atoms with van der Waals surface area (Å²) in [5.41, 5.74) is 0.986. The van der Waals surface area contributed by atoms with Gasteiger partial charge in [0, 0.05) is 5.33 Å². The van der Waals surface area contributed by atoms with Gasteiger partial charge in [0.15, 0.2) is 0 Å². The van der Waals surface area contributed by atoms with Crippen molar-refractivity contribution in [1.82, 2.24) is 0 Å². The largest absolute Gasteiger partial charge is 0.388 e. The van der Waals surface area contributed by atoms with Gasteiger partial charge in [0.2, 0.25) is 0 Å². The summed E-state index contributed by atoms with van der Waals surface area (Å²) >= 11 is 3.29. The molecule has 0 saturated carbocycles. The van der Waals surface area contributed by atoms with Gasteiger partial charge in [0.25, 0.3) is 0 Å². The summed E-state index contributed by atoms with van der Waals surface area (Å²) in [7, 11) is 0. The van der Waals surface area contributed by atoms with Crippen LogP contribution in [-0.4, -0.2) is 10.4 Å². The number of halogens is 1. The molecule has 1 nitrogen and oxygen atoms in total. The molecule has 0 aromatic heterocycles. The molecular formula is C12H11BrO. The minimum absolute atomic E-state index is 0.430. The Morgan fingerprint density at radius 2 is 1.79 bits per heavy atom. The van der Waals surface area contributed by atoms with E-state index in [2.05, 4.69) is 28.1 Å². The van der Waals surface area contributed by atoms with Crippen LogP contribution >= 0.6 is 15.9 Å². The van der Waals surface area contributed by atoms with Gasteiger partial charge in [0.1, 0.15) is 0 Å². The molecule has 72 valence electrons. The average molecular weight is 251 g/mol. The second-order valence-corrected chi connectivity index (χ2v) is 3.89. The first-order chi connectivity index (χ1) is 6.83. The number of benzene rings is 2. The highest BCUT2D eigenvalue weighted by Crippen LogP contribution is 2.24. The molecule has 0 saturated heterocycles. The fourth-order valence-electron chi connectivity index (χ4n) is 1.62. The molecule has 2 heteroatoms. The third-order valence-electron chi connectivity index (χ3n) is 2.33. The highest BCUT2D eigenvalue weighted by Gasteiger charge is 2.08. The molecule has 1 atom stereocenters. The average Bonchev–Trinajstić information content (AvgIpc) is 2.27. The Hall–Kier alpha value is -0.860. The molecule has 0 aliphatic heterocycles. The molecule has 0 amide bonds. The van der Waals surface area contributed by atoms with Gasteiger partial charge < -0.3 is 5.11 Å². The predicted octanol–water partition coefficient (Wildman–Crippen LogP) is 3.27. The van der Waals surface area contributed by atoms with Gasteiger partial charge in [-0.2, -0.15) is 0 Å². The Kier molecular flexibility index (Phi) is 2.85. The third kappa shape index (κ3) is 1.68. The first-order valence-corrected chi connectivity index (χ1v) is 5.67. The van der Waals surface area contributed by atoms with Crippen molar-refractivity contribution < 1.29 is 5.11 Å². The molecular weight excluding hydrogens is 240 g/mol. The second-order valence-electron chi connectivity index (χ2n) is 3.24. The standard InChI is InChI=1S/C12H11BrO/c13-8-12(14)11-7-3-5-9-4-1-2-6-10(9)11/h1-7,12,14H,8H2. The maximum Gasteiger partial charge on any atom is 0.0892 e. The van der Waals surface area contributed by atoms with Crippen molar-refractivity contribution in [3.8, 4) is 0 Å². The van der Waals surface area contributed by atoms with Crippen LogP contribution in [0.3, 0.4) is 0 Å². The Balaban J connectivity index is 2.65. The Labute approximate surface area is 91.5 Å². The van der Waals surface area contributed by atoms with E-state index in [9.17, 15) is 5.11 Å². The molecule has 14 heavy (non-hydrogen) atoms. The van der Waals surface area contributed by atoms with Crippen molar-refractivity contribution in [2.45, 2.75) is 6.10 Å². The lowest BCUT2D eigenvalue weighted by Gasteiger charge is -2.10. The van der Waals surface area contributed by atoms with Gasteiger partial charge >= 0.3 is 0 Å². The van der Waals surface area contributed by atoms with Crippen LogP contribution in [0.4, 0.5) is 0 Å². The lowest BCUT2D eigenvalue weighted by Crippen LogP contribution is -1.98. The smallest absolute Gasteiger partial charge is 0.0892 e. The molecule has 2 aromatic carbocycles. The van der Waals surface area contributed by atoms with Crippen molar-refractivity contribution in [2.24, 2.45) is 0 Å². The topological polar surface area (TPSA) is 20.2 Å². The first kappa shape index (κ1) is 9.69. The predicted molar refractivity (Wildman–Crippen MR) is 62.7 cm³/mol. The number of hydrogen-bond acceptors (Lipinski definition) is 1. The van der Waals surface area contributed by atoms with E-state index in [0.717, 1.165) is 10.9 Å². The summed E-state index contributed by atoms with van der Waals surface area (Å²) in [6, 6.07) is 14.1. The Morgan fingerprint density at radius 1 is 1.07 bits per heavy atom. The molecule has 2 aromatic rings. The highest BCUT2D eigenvalue weighted by molar-refractivity contribution is 9.09. The van der Waals surface area contributed by atoms with Crippen LogP contribution in [0, 0.1) is 0 Å². The van der Waals surface area contributed by atoms with Crippen LogP contribution in [0.15, 0.2) is 42.5 Å². The summed E-state index contributed by atoms with van der Waals surface area (Å²) in [6.07, 6.45) is -0.430. The van der Waals surface area contributed by atoms with E-state index in [0.29, 0.717) is 5.33 Å². The quantitative estimate of drug-likeness (QED) is 0.812. The molecule has 2 rings (SSSR count). The Bertz CT molecular complexity index is 434. The van der Waals surface area contributed by atoms with Crippen LogP contribution in [0.1, 0.15) is 11.7 Å². The maximum absolute atomic E-state index is 9.78. The van der Waals surface area contributed by atoms with Crippen molar-refractivity contribution in [1.29, 1.82) is 0 Å². The molecule has 0 fully saturated rings. The van der Waals surface area contributed by atoms with Crippen LogP contribution < -0.4 is 0 Å².